The number of nitrogens with one attached hydrogen (secondary N) is 2. The zero-order valence-electron chi connectivity index (χ0n) is 13.3. The van der Waals surface area contributed by atoms with Crippen LogP contribution in [0.4, 0.5) is 4.39 Å². The van der Waals surface area contributed by atoms with Crippen molar-refractivity contribution in [3.8, 4) is 0 Å². The van der Waals surface area contributed by atoms with Crippen molar-refractivity contribution in [1.82, 2.24) is 15.5 Å². The highest BCUT2D eigenvalue weighted by atomic mass is 19.1. The SMILES string of the molecule is C=CCNC(=NCc1ccc(C)c(F)c1)NCC(=O)N(C)C. The van der Waals surface area contributed by atoms with E-state index in [0.717, 1.165) is 5.56 Å². The lowest BCUT2D eigenvalue weighted by molar-refractivity contribution is -0.127. The Labute approximate surface area is 130 Å². The lowest BCUT2D eigenvalue weighted by Crippen LogP contribution is -2.43. The average Bonchev–Trinajstić information content (AvgIpc) is 2.49. The van der Waals surface area contributed by atoms with Gasteiger partial charge < -0.3 is 15.5 Å². The van der Waals surface area contributed by atoms with Crippen molar-refractivity contribution in [3.63, 3.8) is 0 Å². The molecule has 0 saturated carbocycles. The third kappa shape index (κ3) is 5.95. The number of nitrogens with zero attached hydrogens (tertiary/aromatic N) is 2. The van der Waals surface area contributed by atoms with Crippen molar-refractivity contribution >= 4 is 11.9 Å². The molecule has 0 saturated heterocycles. The zero-order valence-corrected chi connectivity index (χ0v) is 13.3. The van der Waals surface area contributed by atoms with Crippen LogP contribution < -0.4 is 10.6 Å². The molecule has 0 heterocycles. The Morgan fingerprint density at radius 3 is 2.73 bits per heavy atom. The Morgan fingerprint density at radius 2 is 2.14 bits per heavy atom. The smallest absolute Gasteiger partial charge is 0.241 e. The highest BCUT2D eigenvalue weighted by Crippen LogP contribution is 2.09. The van der Waals surface area contributed by atoms with Crippen LogP contribution in [0.3, 0.4) is 0 Å². The predicted molar refractivity (Wildman–Crippen MR) is 87.2 cm³/mol. The van der Waals surface area contributed by atoms with E-state index in [1.807, 2.05) is 6.07 Å². The molecular formula is C16H23FN4O. The number of likely N-dealkylation sites (N-methyl/N-ethyl adjacent to an activating group) is 1. The third-order valence-corrected chi connectivity index (χ3v) is 2.98. The van der Waals surface area contributed by atoms with Gasteiger partial charge in [-0.05, 0) is 24.1 Å². The van der Waals surface area contributed by atoms with Crippen LogP contribution in [0.25, 0.3) is 0 Å². The van der Waals surface area contributed by atoms with E-state index in [0.29, 0.717) is 24.6 Å². The number of amides is 1. The van der Waals surface area contributed by atoms with E-state index in [1.165, 1.54) is 11.0 Å². The van der Waals surface area contributed by atoms with Gasteiger partial charge in [0.15, 0.2) is 5.96 Å². The van der Waals surface area contributed by atoms with Crippen LogP contribution in [0.1, 0.15) is 11.1 Å². The first-order chi connectivity index (χ1) is 10.4. The number of aryl methyl sites for hydroxylation is 1. The number of halogens is 1. The molecule has 1 aromatic rings. The number of rotatable bonds is 6. The maximum atomic E-state index is 13.5. The summed E-state index contributed by atoms with van der Waals surface area (Å²) in [7, 11) is 3.38. The highest BCUT2D eigenvalue weighted by Gasteiger charge is 2.05. The third-order valence-electron chi connectivity index (χ3n) is 2.98. The second kappa shape index (κ2) is 8.81. The number of carbonyl (C=O) groups is 1. The molecule has 0 unspecified atom stereocenters. The minimum absolute atomic E-state index is 0.0607. The van der Waals surface area contributed by atoms with Crippen molar-refractivity contribution < 1.29 is 9.18 Å². The summed E-state index contributed by atoms with van der Waals surface area (Å²) >= 11 is 0. The van der Waals surface area contributed by atoms with Crippen LogP contribution in [-0.2, 0) is 11.3 Å². The molecule has 1 amide bonds. The Hall–Kier alpha value is -2.37. The van der Waals surface area contributed by atoms with E-state index in [4.69, 9.17) is 0 Å². The van der Waals surface area contributed by atoms with Crippen LogP contribution in [0.5, 0.6) is 0 Å². The molecule has 0 spiro atoms. The largest absolute Gasteiger partial charge is 0.353 e. The molecule has 1 aromatic carbocycles. The molecule has 1 rings (SSSR count). The van der Waals surface area contributed by atoms with Crippen LogP contribution in [0, 0.1) is 12.7 Å². The molecule has 0 aromatic heterocycles. The van der Waals surface area contributed by atoms with Gasteiger partial charge >= 0.3 is 0 Å². The van der Waals surface area contributed by atoms with Gasteiger partial charge in [-0.3, -0.25) is 4.79 Å². The average molecular weight is 306 g/mol. The second-order valence-corrected chi connectivity index (χ2v) is 5.06. The summed E-state index contributed by atoms with van der Waals surface area (Å²) in [6, 6.07) is 5.02. The summed E-state index contributed by atoms with van der Waals surface area (Å²) in [5.41, 5.74) is 1.37. The normalized spacial score (nSPS) is 11.0. The molecule has 120 valence electrons. The molecule has 0 bridgehead atoms. The fraction of sp³-hybridized carbons (Fsp3) is 0.375. The lowest BCUT2D eigenvalue weighted by atomic mass is 10.1. The first-order valence-electron chi connectivity index (χ1n) is 7.02. The first-order valence-corrected chi connectivity index (χ1v) is 7.02. The molecule has 0 atom stereocenters. The quantitative estimate of drug-likeness (QED) is 0.475. The molecule has 0 fully saturated rings. The number of hydrogen-bond acceptors (Lipinski definition) is 2. The van der Waals surface area contributed by atoms with Crippen LogP contribution in [-0.4, -0.2) is 44.0 Å². The monoisotopic (exact) mass is 306 g/mol. The number of hydrogen-bond donors (Lipinski definition) is 2. The number of carbonyl (C=O) groups excluding carboxylic acids is 1. The molecule has 22 heavy (non-hydrogen) atoms. The van der Waals surface area contributed by atoms with Gasteiger partial charge in [0, 0.05) is 20.6 Å². The van der Waals surface area contributed by atoms with Crippen molar-refractivity contribution in [2.75, 3.05) is 27.2 Å². The minimum atomic E-state index is -0.246. The van der Waals surface area contributed by atoms with Gasteiger partial charge in [0.2, 0.25) is 5.91 Å². The van der Waals surface area contributed by atoms with Crippen LogP contribution in [0.2, 0.25) is 0 Å². The molecule has 6 heteroatoms. The Balaban J connectivity index is 2.70. The number of guanidine groups is 1. The van der Waals surface area contributed by atoms with E-state index < -0.39 is 0 Å². The predicted octanol–water partition coefficient (Wildman–Crippen LogP) is 1.44. The summed E-state index contributed by atoms with van der Waals surface area (Å²) in [6.45, 7) is 6.32. The Morgan fingerprint density at radius 1 is 1.41 bits per heavy atom. The Kier molecular flexibility index (Phi) is 7.08. The fourth-order valence-electron chi connectivity index (χ4n) is 1.57. The van der Waals surface area contributed by atoms with Crippen molar-refractivity contribution in [2.45, 2.75) is 13.5 Å². The summed E-state index contributed by atoms with van der Waals surface area (Å²) < 4.78 is 13.5. The van der Waals surface area contributed by atoms with E-state index in [2.05, 4.69) is 22.2 Å². The molecular weight excluding hydrogens is 283 g/mol. The lowest BCUT2D eigenvalue weighted by Gasteiger charge is -2.14. The maximum absolute atomic E-state index is 13.5. The second-order valence-electron chi connectivity index (χ2n) is 5.06. The van der Waals surface area contributed by atoms with Gasteiger partial charge in [-0.1, -0.05) is 18.2 Å². The van der Waals surface area contributed by atoms with Crippen molar-refractivity contribution in [3.05, 3.63) is 47.8 Å². The molecule has 2 N–H and O–H groups in total. The van der Waals surface area contributed by atoms with Gasteiger partial charge in [-0.2, -0.15) is 0 Å². The molecule has 0 radical (unpaired) electrons. The topological polar surface area (TPSA) is 56.7 Å². The first kappa shape index (κ1) is 17.7. The van der Waals surface area contributed by atoms with Crippen LogP contribution >= 0.6 is 0 Å². The van der Waals surface area contributed by atoms with E-state index >= 15 is 0 Å². The van der Waals surface area contributed by atoms with E-state index in [9.17, 15) is 9.18 Å². The van der Waals surface area contributed by atoms with Gasteiger partial charge in [0.25, 0.3) is 0 Å². The van der Waals surface area contributed by atoms with Crippen molar-refractivity contribution in [2.24, 2.45) is 4.99 Å². The maximum Gasteiger partial charge on any atom is 0.241 e. The molecule has 5 nitrogen and oxygen atoms in total. The minimum Gasteiger partial charge on any atom is -0.353 e. The van der Waals surface area contributed by atoms with E-state index in [1.54, 1.807) is 33.2 Å². The summed E-state index contributed by atoms with van der Waals surface area (Å²) in [4.78, 5) is 17.4. The van der Waals surface area contributed by atoms with Crippen LogP contribution in [0.15, 0.2) is 35.8 Å². The number of aliphatic imine (C=N–C) groups is 1. The summed E-state index contributed by atoms with van der Waals surface area (Å²) in [6.07, 6.45) is 1.69. The summed E-state index contributed by atoms with van der Waals surface area (Å²) in [5.74, 6) is 0.176. The fourth-order valence-corrected chi connectivity index (χ4v) is 1.57. The van der Waals surface area contributed by atoms with Crippen molar-refractivity contribution in [1.29, 1.82) is 0 Å². The van der Waals surface area contributed by atoms with Gasteiger partial charge in [0.1, 0.15) is 5.82 Å². The molecule has 0 aliphatic heterocycles. The number of benzene rings is 1. The zero-order chi connectivity index (χ0) is 16.5. The van der Waals surface area contributed by atoms with Gasteiger partial charge in [-0.25, -0.2) is 9.38 Å². The standard InChI is InChI=1S/C16H23FN4O/c1-5-8-18-16(20-11-15(22)21(3)4)19-10-13-7-6-12(2)14(17)9-13/h5-7,9H,1,8,10-11H2,2-4H3,(H2,18,19,20). The Bertz CT molecular complexity index is 555. The highest BCUT2D eigenvalue weighted by molar-refractivity contribution is 5.86. The summed E-state index contributed by atoms with van der Waals surface area (Å²) in [5, 5.41) is 5.95. The van der Waals surface area contributed by atoms with Gasteiger partial charge in [0.05, 0.1) is 13.1 Å². The van der Waals surface area contributed by atoms with Gasteiger partial charge in [-0.15, -0.1) is 6.58 Å². The molecule has 0 aliphatic rings. The van der Waals surface area contributed by atoms with E-state index in [-0.39, 0.29) is 18.3 Å². The molecule has 0 aliphatic carbocycles.